The van der Waals surface area contributed by atoms with E-state index in [4.69, 9.17) is 19.3 Å². The van der Waals surface area contributed by atoms with Gasteiger partial charge in [0.25, 0.3) is 0 Å². The van der Waals surface area contributed by atoms with Crippen molar-refractivity contribution in [2.24, 2.45) is 0 Å². The van der Waals surface area contributed by atoms with Crippen LogP contribution in [-0.4, -0.2) is 41.0 Å². The largest absolute Gasteiger partial charge is 0.469 e. The van der Waals surface area contributed by atoms with Crippen molar-refractivity contribution < 1.29 is 37.9 Å². The van der Waals surface area contributed by atoms with E-state index >= 15 is 0 Å². The Kier molecular flexibility index (Phi) is 39.1. The molecule has 0 heterocycles. The predicted octanol–water partition coefficient (Wildman–Crippen LogP) is 13.6. The van der Waals surface area contributed by atoms with Gasteiger partial charge in [0.05, 0.1) is 6.61 Å². The van der Waals surface area contributed by atoms with Gasteiger partial charge in [0, 0.05) is 12.8 Å². The monoisotopic (exact) mass is 771 g/mol. The first-order valence-corrected chi connectivity index (χ1v) is 23.7. The number of carbonyl (C=O) groups is 2. The predicted molar refractivity (Wildman–Crippen MR) is 221 cm³/mol. The molecule has 0 aromatic carbocycles. The van der Waals surface area contributed by atoms with Crippen LogP contribution >= 0.6 is 7.82 Å². The van der Waals surface area contributed by atoms with E-state index < -0.39 is 32.5 Å². The molecule has 53 heavy (non-hydrogen) atoms. The van der Waals surface area contributed by atoms with Crippen molar-refractivity contribution in [3.63, 3.8) is 0 Å². The molecular weight excluding hydrogens is 687 g/mol. The maximum Gasteiger partial charge on any atom is 0.469 e. The number of allylic oxidation sites excluding steroid dienone is 4. The highest BCUT2D eigenvalue weighted by Gasteiger charge is 2.22. The molecule has 0 bridgehead atoms. The normalized spacial score (nSPS) is 12.6. The van der Waals surface area contributed by atoms with Crippen LogP contribution in [0.15, 0.2) is 24.3 Å². The third-order valence-electron chi connectivity index (χ3n) is 9.72. The summed E-state index contributed by atoms with van der Waals surface area (Å²) in [5, 5.41) is 0. The topological polar surface area (TPSA) is 119 Å². The van der Waals surface area contributed by atoms with Gasteiger partial charge in [-0.25, -0.2) is 4.57 Å². The van der Waals surface area contributed by atoms with Gasteiger partial charge in [-0.1, -0.05) is 192 Å². The van der Waals surface area contributed by atoms with Crippen LogP contribution in [0.5, 0.6) is 0 Å². The highest BCUT2D eigenvalue weighted by molar-refractivity contribution is 7.46. The fourth-order valence-electron chi connectivity index (χ4n) is 6.40. The Balaban J connectivity index is 3.87. The van der Waals surface area contributed by atoms with Gasteiger partial charge in [0.1, 0.15) is 6.61 Å². The number of phosphoric ester groups is 1. The molecule has 0 aromatic heterocycles. The van der Waals surface area contributed by atoms with Gasteiger partial charge in [0.2, 0.25) is 0 Å². The minimum absolute atomic E-state index is 0.199. The number of hydrogen-bond donors (Lipinski definition) is 2. The van der Waals surface area contributed by atoms with E-state index in [1.165, 1.54) is 135 Å². The van der Waals surface area contributed by atoms with Crippen molar-refractivity contribution in [2.45, 2.75) is 232 Å². The minimum atomic E-state index is -4.76. The van der Waals surface area contributed by atoms with Crippen molar-refractivity contribution in [1.82, 2.24) is 0 Å². The summed E-state index contributed by atoms with van der Waals surface area (Å²) < 4.78 is 26.4. The number of esters is 2. The molecule has 0 aliphatic heterocycles. The van der Waals surface area contributed by atoms with Gasteiger partial charge < -0.3 is 19.3 Å². The Morgan fingerprint density at radius 3 is 1.26 bits per heavy atom. The van der Waals surface area contributed by atoms with Gasteiger partial charge in [-0.2, -0.15) is 0 Å². The second-order valence-corrected chi connectivity index (χ2v) is 16.3. The molecule has 8 nitrogen and oxygen atoms in total. The van der Waals surface area contributed by atoms with Crippen LogP contribution in [0.3, 0.4) is 0 Å². The molecule has 0 saturated heterocycles. The summed E-state index contributed by atoms with van der Waals surface area (Å²) in [5.74, 6) is -0.890. The van der Waals surface area contributed by atoms with Crippen LogP contribution in [0.25, 0.3) is 0 Å². The minimum Gasteiger partial charge on any atom is -0.462 e. The number of hydrogen-bond acceptors (Lipinski definition) is 6. The Hall–Kier alpha value is -1.47. The number of rotatable bonds is 41. The lowest BCUT2D eigenvalue weighted by atomic mass is 10.0. The molecular formula is C44H83O8P. The molecule has 1 unspecified atom stereocenters. The summed E-state index contributed by atoms with van der Waals surface area (Å²) in [7, 11) is -4.76. The van der Waals surface area contributed by atoms with E-state index in [-0.39, 0.29) is 19.4 Å². The molecule has 0 aliphatic carbocycles. The Bertz CT molecular complexity index is 915. The zero-order valence-corrected chi connectivity index (χ0v) is 35.3. The average molecular weight is 771 g/mol. The number of ether oxygens (including phenoxy) is 2. The molecule has 0 amide bonds. The number of phosphoric acid groups is 1. The summed E-state index contributed by atoms with van der Waals surface area (Å²) in [4.78, 5) is 42.9. The third-order valence-corrected chi connectivity index (χ3v) is 10.2. The van der Waals surface area contributed by atoms with Crippen LogP contribution in [0.2, 0.25) is 0 Å². The molecule has 0 fully saturated rings. The van der Waals surface area contributed by atoms with Crippen molar-refractivity contribution >= 4 is 19.8 Å². The lowest BCUT2D eigenvalue weighted by Crippen LogP contribution is -2.29. The van der Waals surface area contributed by atoms with Gasteiger partial charge in [0.15, 0.2) is 6.10 Å². The molecule has 0 saturated carbocycles. The smallest absolute Gasteiger partial charge is 0.462 e. The highest BCUT2D eigenvalue weighted by Crippen LogP contribution is 2.36. The van der Waals surface area contributed by atoms with Crippen LogP contribution in [-0.2, 0) is 28.2 Å². The third kappa shape index (κ3) is 43.1. The summed E-state index contributed by atoms with van der Waals surface area (Å²) in [6.07, 6.45) is 46.1. The molecule has 0 aliphatic rings. The summed E-state index contributed by atoms with van der Waals surface area (Å²) in [5.41, 5.74) is 0. The summed E-state index contributed by atoms with van der Waals surface area (Å²) in [6, 6.07) is 0. The first kappa shape index (κ1) is 51.5. The second kappa shape index (κ2) is 40.2. The van der Waals surface area contributed by atoms with Crippen molar-refractivity contribution in [2.75, 3.05) is 13.2 Å². The molecule has 0 spiro atoms. The number of carbonyl (C=O) groups excluding carboxylic acids is 2. The van der Waals surface area contributed by atoms with Gasteiger partial charge in [-0.3, -0.25) is 14.1 Å². The lowest BCUT2D eigenvalue weighted by molar-refractivity contribution is -0.161. The summed E-state index contributed by atoms with van der Waals surface area (Å²) >= 11 is 0. The van der Waals surface area contributed by atoms with Crippen molar-refractivity contribution in [1.29, 1.82) is 0 Å². The second-order valence-electron chi connectivity index (χ2n) is 15.0. The van der Waals surface area contributed by atoms with Gasteiger partial charge in [-0.15, -0.1) is 0 Å². The highest BCUT2D eigenvalue weighted by atomic mass is 31.2. The maximum absolute atomic E-state index is 12.4. The molecule has 2 N–H and O–H groups in total. The average Bonchev–Trinajstić information content (AvgIpc) is 3.13. The summed E-state index contributed by atoms with van der Waals surface area (Å²) in [6.45, 7) is 3.68. The van der Waals surface area contributed by atoms with Crippen LogP contribution in [0, 0.1) is 0 Å². The fourth-order valence-corrected chi connectivity index (χ4v) is 6.77. The first-order chi connectivity index (χ1) is 25.8. The van der Waals surface area contributed by atoms with E-state index in [1.807, 2.05) is 0 Å². The lowest BCUT2D eigenvalue weighted by Gasteiger charge is -2.18. The van der Waals surface area contributed by atoms with E-state index in [1.54, 1.807) is 0 Å². The Morgan fingerprint density at radius 1 is 0.491 bits per heavy atom. The molecule has 0 radical (unpaired) electrons. The zero-order chi connectivity index (χ0) is 38.9. The van der Waals surface area contributed by atoms with E-state index in [9.17, 15) is 14.2 Å². The van der Waals surface area contributed by atoms with Crippen LogP contribution in [0.1, 0.15) is 226 Å². The molecule has 0 rings (SSSR count). The van der Waals surface area contributed by atoms with Crippen molar-refractivity contribution in [3.8, 4) is 0 Å². The molecule has 0 aromatic rings. The fraction of sp³-hybridized carbons (Fsp3) is 0.864. The Morgan fingerprint density at radius 2 is 0.849 bits per heavy atom. The quantitative estimate of drug-likeness (QED) is 0.0273. The molecule has 1 atom stereocenters. The zero-order valence-electron chi connectivity index (χ0n) is 34.4. The van der Waals surface area contributed by atoms with Crippen LogP contribution < -0.4 is 0 Å². The van der Waals surface area contributed by atoms with E-state index in [2.05, 4.69) is 42.7 Å². The first-order valence-electron chi connectivity index (χ1n) is 22.1. The van der Waals surface area contributed by atoms with Gasteiger partial charge in [-0.05, 0) is 44.9 Å². The molecule has 9 heteroatoms. The SMILES string of the molecule is CCCCCC/C=C\C/C=C\CCCCCCCC(=O)OC(COC(=O)CCCCCCCCCCCCCCCCCCCCC)COP(=O)(O)O. The van der Waals surface area contributed by atoms with Gasteiger partial charge >= 0.3 is 19.8 Å². The maximum atomic E-state index is 12.4. The van der Waals surface area contributed by atoms with Crippen LogP contribution in [0.4, 0.5) is 0 Å². The van der Waals surface area contributed by atoms with Crippen molar-refractivity contribution in [3.05, 3.63) is 24.3 Å². The van der Waals surface area contributed by atoms with E-state index in [0.717, 1.165) is 57.8 Å². The van der Waals surface area contributed by atoms with E-state index in [0.29, 0.717) is 6.42 Å². The molecule has 312 valence electrons. The standard InChI is InChI=1S/C44H83O8P/c1-3-5-7-9-11-13-15-17-19-21-22-23-25-26-28-30-32-34-36-38-43(45)50-40-42(41-51-53(47,48)49)52-44(46)39-37-35-33-31-29-27-24-20-18-16-14-12-10-8-6-4-2/h14,16,20,24,42H,3-13,15,17-19,21-23,25-41H2,1-2H3,(H2,47,48,49)/b16-14-,24-20-. The number of unbranched alkanes of at least 4 members (excludes halogenated alkanes) is 27. The Labute approximate surface area is 326 Å².